The molecule has 1 saturated carbocycles. The van der Waals surface area contributed by atoms with Crippen LogP contribution in [0.25, 0.3) is 0 Å². The number of likely N-dealkylation sites (tertiary alicyclic amines) is 1. The van der Waals surface area contributed by atoms with E-state index in [0.717, 1.165) is 24.5 Å². The maximum Gasteiger partial charge on any atom is 0.322 e. The third kappa shape index (κ3) is 3.72. The van der Waals surface area contributed by atoms with E-state index in [-0.39, 0.29) is 36.0 Å². The summed E-state index contributed by atoms with van der Waals surface area (Å²) in [5.74, 6) is -1.83. The summed E-state index contributed by atoms with van der Waals surface area (Å²) in [7, 11) is 0. The molecule has 3 fully saturated rings. The third-order valence-electron chi connectivity index (χ3n) is 6.61. The lowest BCUT2D eigenvalue weighted by molar-refractivity contribution is -0.134. The van der Waals surface area contributed by atoms with Crippen molar-refractivity contribution in [1.29, 1.82) is 0 Å². The van der Waals surface area contributed by atoms with Gasteiger partial charge in [0.15, 0.2) is 11.6 Å². The summed E-state index contributed by atoms with van der Waals surface area (Å²) in [5, 5.41) is 5.05. The number of carbonyl (C=O) groups is 3. The number of halogens is 2. The molecule has 1 unspecified atom stereocenters. The summed E-state index contributed by atoms with van der Waals surface area (Å²) in [4.78, 5) is 38.5. The number of imide groups is 1. The Kier molecular flexibility index (Phi) is 5.04. The second-order valence-electron chi connectivity index (χ2n) is 8.54. The van der Waals surface area contributed by atoms with Crippen molar-refractivity contribution in [2.45, 2.75) is 50.5 Å². The number of amides is 4. The standard InChI is InChI=1S/C21H25F2N3O3/c1-12-11-26(9-7-15(12)13-2-5-16(22)17(23)10-13)18(27)6-8-21(14-3-4-14)19(28)24-20(29)25-21/h2,5,10,12,14-15H,3-4,6-9,11H2,1H3,(H2,24,25,28,29)/t12-,15-,21?/m0/s1. The van der Waals surface area contributed by atoms with Gasteiger partial charge in [-0.3, -0.25) is 14.9 Å². The molecule has 8 heteroatoms. The van der Waals surface area contributed by atoms with Gasteiger partial charge < -0.3 is 10.2 Å². The molecule has 6 nitrogen and oxygen atoms in total. The average Bonchev–Trinajstić information content (AvgIpc) is 3.48. The maximum atomic E-state index is 13.6. The molecule has 3 atom stereocenters. The Hall–Kier alpha value is -2.51. The van der Waals surface area contributed by atoms with Crippen molar-refractivity contribution in [2.75, 3.05) is 13.1 Å². The molecule has 0 spiro atoms. The van der Waals surface area contributed by atoms with Crippen molar-refractivity contribution in [2.24, 2.45) is 11.8 Å². The highest BCUT2D eigenvalue weighted by molar-refractivity contribution is 6.07. The molecule has 3 aliphatic rings. The molecular weight excluding hydrogens is 380 g/mol. The minimum Gasteiger partial charge on any atom is -0.342 e. The molecule has 2 heterocycles. The fourth-order valence-electron chi connectivity index (χ4n) is 4.82. The van der Waals surface area contributed by atoms with Crippen LogP contribution in [0.3, 0.4) is 0 Å². The zero-order valence-electron chi connectivity index (χ0n) is 16.3. The first-order chi connectivity index (χ1) is 13.8. The quantitative estimate of drug-likeness (QED) is 0.740. The van der Waals surface area contributed by atoms with Crippen LogP contribution in [0.1, 0.15) is 50.5 Å². The van der Waals surface area contributed by atoms with Gasteiger partial charge in [0.1, 0.15) is 5.54 Å². The topological polar surface area (TPSA) is 78.5 Å². The van der Waals surface area contributed by atoms with Gasteiger partial charge in [0.25, 0.3) is 5.91 Å². The highest BCUT2D eigenvalue weighted by atomic mass is 19.2. The van der Waals surface area contributed by atoms with Gasteiger partial charge in [0, 0.05) is 19.5 Å². The SMILES string of the molecule is C[C@H]1CN(C(=O)CCC2(C3CC3)NC(=O)NC2=O)CC[C@@H]1c1ccc(F)c(F)c1. The zero-order valence-corrected chi connectivity index (χ0v) is 16.3. The summed E-state index contributed by atoms with van der Waals surface area (Å²) in [6.07, 6.45) is 2.90. The minimum absolute atomic E-state index is 0.0467. The lowest BCUT2D eigenvalue weighted by Gasteiger charge is -2.38. The molecule has 0 radical (unpaired) electrons. The van der Waals surface area contributed by atoms with E-state index in [0.29, 0.717) is 25.9 Å². The first-order valence-corrected chi connectivity index (χ1v) is 10.2. The van der Waals surface area contributed by atoms with Gasteiger partial charge in [0.05, 0.1) is 0 Å². The van der Waals surface area contributed by atoms with Crippen LogP contribution in [0.2, 0.25) is 0 Å². The van der Waals surface area contributed by atoms with E-state index in [1.54, 1.807) is 11.0 Å². The lowest BCUT2D eigenvalue weighted by atomic mass is 9.81. The normalized spacial score (nSPS) is 29.6. The van der Waals surface area contributed by atoms with Crippen LogP contribution in [0.4, 0.5) is 13.6 Å². The zero-order chi connectivity index (χ0) is 20.8. The average molecular weight is 405 g/mol. The number of rotatable bonds is 5. The number of carbonyl (C=O) groups excluding carboxylic acids is 3. The Morgan fingerprint density at radius 3 is 2.55 bits per heavy atom. The summed E-state index contributed by atoms with van der Waals surface area (Å²) < 4.78 is 26.8. The van der Waals surface area contributed by atoms with Crippen molar-refractivity contribution in [3.8, 4) is 0 Å². The third-order valence-corrected chi connectivity index (χ3v) is 6.61. The lowest BCUT2D eigenvalue weighted by Crippen LogP contribution is -2.50. The van der Waals surface area contributed by atoms with Gasteiger partial charge in [0.2, 0.25) is 5.91 Å². The van der Waals surface area contributed by atoms with E-state index in [1.165, 1.54) is 6.07 Å². The van der Waals surface area contributed by atoms with Crippen LogP contribution >= 0.6 is 0 Å². The number of urea groups is 1. The molecule has 1 aromatic carbocycles. The van der Waals surface area contributed by atoms with Gasteiger partial charge in [-0.2, -0.15) is 0 Å². The summed E-state index contributed by atoms with van der Waals surface area (Å²) in [6.45, 7) is 3.06. The molecule has 4 rings (SSSR count). The van der Waals surface area contributed by atoms with E-state index < -0.39 is 23.2 Å². The Morgan fingerprint density at radius 2 is 1.97 bits per heavy atom. The molecule has 4 amide bonds. The number of piperidine rings is 1. The van der Waals surface area contributed by atoms with Crippen LogP contribution in [0.15, 0.2) is 18.2 Å². The second-order valence-corrected chi connectivity index (χ2v) is 8.54. The Balaban J connectivity index is 1.36. The molecule has 156 valence electrons. The fourth-order valence-corrected chi connectivity index (χ4v) is 4.82. The molecule has 0 bridgehead atoms. The molecule has 29 heavy (non-hydrogen) atoms. The Bertz CT molecular complexity index is 858. The number of hydrogen-bond donors (Lipinski definition) is 2. The van der Waals surface area contributed by atoms with Crippen LogP contribution in [-0.4, -0.2) is 41.4 Å². The highest BCUT2D eigenvalue weighted by Crippen LogP contribution is 2.44. The molecular formula is C21H25F2N3O3. The van der Waals surface area contributed by atoms with Gasteiger partial charge in [-0.15, -0.1) is 0 Å². The van der Waals surface area contributed by atoms with Crippen LogP contribution < -0.4 is 10.6 Å². The highest BCUT2D eigenvalue weighted by Gasteiger charge is 2.55. The Labute approximate surface area is 168 Å². The number of benzene rings is 1. The maximum absolute atomic E-state index is 13.6. The summed E-state index contributed by atoms with van der Waals surface area (Å²) in [5.41, 5.74) is -0.205. The van der Waals surface area contributed by atoms with Crippen molar-refractivity contribution >= 4 is 17.8 Å². The summed E-state index contributed by atoms with van der Waals surface area (Å²) in [6, 6.07) is 3.51. The first-order valence-electron chi connectivity index (χ1n) is 10.2. The van der Waals surface area contributed by atoms with E-state index >= 15 is 0 Å². The van der Waals surface area contributed by atoms with Crippen molar-refractivity contribution in [3.63, 3.8) is 0 Å². The monoisotopic (exact) mass is 405 g/mol. The number of nitrogens with zero attached hydrogens (tertiary/aromatic N) is 1. The molecule has 2 N–H and O–H groups in total. The van der Waals surface area contributed by atoms with Crippen molar-refractivity contribution in [3.05, 3.63) is 35.4 Å². The molecule has 1 aromatic rings. The second kappa shape index (κ2) is 7.39. The smallest absolute Gasteiger partial charge is 0.322 e. The predicted octanol–water partition coefficient (Wildman–Crippen LogP) is 2.69. The van der Waals surface area contributed by atoms with Crippen molar-refractivity contribution in [1.82, 2.24) is 15.5 Å². The number of nitrogens with one attached hydrogen (secondary N) is 2. The Morgan fingerprint density at radius 1 is 1.21 bits per heavy atom. The van der Waals surface area contributed by atoms with E-state index in [9.17, 15) is 23.2 Å². The minimum atomic E-state index is -0.956. The van der Waals surface area contributed by atoms with Gasteiger partial charge in [-0.05, 0) is 61.1 Å². The molecule has 0 aromatic heterocycles. The van der Waals surface area contributed by atoms with E-state index in [2.05, 4.69) is 10.6 Å². The van der Waals surface area contributed by atoms with Gasteiger partial charge in [-0.25, -0.2) is 13.6 Å². The molecule has 1 aliphatic carbocycles. The van der Waals surface area contributed by atoms with Gasteiger partial charge >= 0.3 is 6.03 Å². The predicted molar refractivity (Wildman–Crippen MR) is 101 cm³/mol. The van der Waals surface area contributed by atoms with Crippen molar-refractivity contribution < 1.29 is 23.2 Å². The summed E-state index contributed by atoms with van der Waals surface area (Å²) >= 11 is 0. The van der Waals surface area contributed by atoms with Crippen LogP contribution in [0.5, 0.6) is 0 Å². The van der Waals surface area contributed by atoms with Gasteiger partial charge in [-0.1, -0.05) is 13.0 Å². The molecule has 2 saturated heterocycles. The first kappa shape index (κ1) is 19.8. The molecule has 2 aliphatic heterocycles. The largest absolute Gasteiger partial charge is 0.342 e. The van der Waals surface area contributed by atoms with Crippen LogP contribution in [-0.2, 0) is 9.59 Å². The van der Waals surface area contributed by atoms with E-state index in [4.69, 9.17) is 0 Å². The van der Waals surface area contributed by atoms with E-state index in [1.807, 2.05) is 6.92 Å². The fraction of sp³-hybridized carbons (Fsp3) is 0.571. The number of hydrogen-bond acceptors (Lipinski definition) is 3. The van der Waals surface area contributed by atoms with Crippen LogP contribution in [0, 0.1) is 23.5 Å².